The fraction of sp³-hybridized carbons (Fsp3) is 0.217. The third-order valence-corrected chi connectivity index (χ3v) is 5.41. The minimum atomic E-state index is -0.979. The Balaban J connectivity index is 1.50. The maximum atomic E-state index is 13.8. The van der Waals surface area contributed by atoms with Gasteiger partial charge in [-0.1, -0.05) is 12.1 Å². The fourth-order valence-corrected chi connectivity index (χ4v) is 3.60. The Kier molecular flexibility index (Phi) is 6.16. The van der Waals surface area contributed by atoms with Crippen LogP contribution in [0, 0.1) is 11.6 Å². The highest BCUT2D eigenvalue weighted by Crippen LogP contribution is 2.20. The molecule has 4 rings (SSSR count). The second kappa shape index (κ2) is 9.19. The molecule has 8 nitrogen and oxygen atoms in total. The molecule has 0 atom stereocenters. The second-order valence-electron chi connectivity index (χ2n) is 7.55. The zero-order valence-electron chi connectivity index (χ0n) is 17.4. The Hall–Kier alpha value is -4.08. The zero-order chi connectivity index (χ0) is 23.5. The van der Waals surface area contributed by atoms with E-state index in [1.165, 1.54) is 11.0 Å². The number of aromatic hydroxyl groups is 1. The van der Waals surface area contributed by atoms with Crippen LogP contribution in [-0.2, 0) is 12.8 Å². The molecule has 1 aromatic carbocycles. The molecule has 33 heavy (non-hydrogen) atoms. The molecule has 0 saturated carbocycles. The average Bonchev–Trinajstić information content (AvgIpc) is 2.80. The van der Waals surface area contributed by atoms with E-state index in [9.17, 15) is 28.3 Å². The van der Waals surface area contributed by atoms with Gasteiger partial charge >= 0.3 is 0 Å². The van der Waals surface area contributed by atoms with Gasteiger partial charge in [-0.2, -0.15) is 0 Å². The first-order chi connectivity index (χ1) is 15.8. The average molecular weight is 454 g/mol. The number of benzene rings is 1. The molecule has 0 bridgehead atoms. The summed E-state index contributed by atoms with van der Waals surface area (Å²) in [6.45, 7) is 0.399. The smallest absolute Gasteiger partial charge is 0.277 e. The highest BCUT2D eigenvalue weighted by Gasteiger charge is 2.30. The lowest BCUT2D eigenvalue weighted by molar-refractivity contribution is 0.0722. The number of hydrogen-bond acceptors (Lipinski definition) is 6. The predicted octanol–water partition coefficient (Wildman–Crippen LogP) is 2.24. The largest absolute Gasteiger partial charge is 0.502 e. The SMILES string of the molecule is O=C(CCc1ccc(F)cc1F)c1cn2c(c(O)c1=O)C(=O)N(CCc1ccccn1)CN2. The van der Waals surface area contributed by atoms with Crippen LogP contribution >= 0.6 is 0 Å². The summed E-state index contributed by atoms with van der Waals surface area (Å²) in [4.78, 5) is 43.7. The third kappa shape index (κ3) is 4.59. The zero-order valence-corrected chi connectivity index (χ0v) is 17.4. The van der Waals surface area contributed by atoms with Gasteiger partial charge in [0.15, 0.2) is 17.2 Å². The van der Waals surface area contributed by atoms with E-state index in [0.29, 0.717) is 19.0 Å². The minimum absolute atomic E-state index is 0.0550. The van der Waals surface area contributed by atoms with E-state index in [-0.39, 0.29) is 36.3 Å². The third-order valence-electron chi connectivity index (χ3n) is 5.41. The number of halogens is 2. The number of pyridine rings is 2. The number of aryl methyl sites for hydroxylation is 1. The molecule has 0 fully saturated rings. The van der Waals surface area contributed by atoms with Crippen LogP contribution in [0.25, 0.3) is 0 Å². The molecule has 3 aromatic rings. The quantitative estimate of drug-likeness (QED) is 0.531. The number of aromatic nitrogens is 2. The highest BCUT2D eigenvalue weighted by molar-refractivity contribution is 6.00. The number of amides is 1. The van der Waals surface area contributed by atoms with Crippen LogP contribution in [0.4, 0.5) is 8.78 Å². The number of carbonyl (C=O) groups excluding carboxylic acids is 2. The van der Waals surface area contributed by atoms with Crippen molar-refractivity contribution >= 4 is 11.7 Å². The van der Waals surface area contributed by atoms with Gasteiger partial charge in [0.1, 0.15) is 18.3 Å². The summed E-state index contributed by atoms with van der Waals surface area (Å²) in [6.07, 6.45) is 3.00. The molecule has 2 N–H and O–H groups in total. The van der Waals surface area contributed by atoms with Crippen LogP contribution in [0.1, 0.15) is 38.5 Å². The molecule has 0 aliphatic carbocycles. The minimum Gasteiger partial charge on any atom is -0.502 e. The van der Waals surface area contributed by atoms with E-state index in [1.54, 1.807) is 12.3 Å². The first-order valence-corrected chi connectivity index (χ1v) is 10.2. The van der Waals surface area contributed by atoms with Crippen molar-refractivity contribution in [2.45, 2.75) is 19.3 Å². The van der Waals surface area contributed by atoms with Crippen molar-refractivity contribution < 1.29 is 23.5 Å². The number of Topliss-reactive ketones (excluding diaryl/α,β-unsaturated/α-hetero) is 1. The summed E-state index contributed by atoms with van der Waals surface area (Å²) in [5, 5.41) is 10.4. The first-order valence-electron chi connectivity index (χ1n) is 10.2. The molecule has 10 heteroatoms. The molecule has 3 heterocycles. The second-order valence-corrected chi connectivity index (χ2v) is 7.55. The van der Waals surface area contributed by atoms with Gasteiger partial charge in [0.2, 0.25) is 5.43 Å². The van der Waals surface area contributed by atoms with Crippen LogP contribution in [0.5, 0.6) is 5.75 Å². The number of fused-ring (bicyclic) bond motifs is 1. The molecule has 0 unspecified atom stereocenters. The van der Waals surface area contributed by atoms with E-state index in [1.807, 2.05) is 12.1 Å². The standard InChI is InChI=1S/C23H20F2N4O4/c24-15-6-4-14(18(25)11-15)5-7-19(30)17-12-29-20(22(32)21(17)31)23(33)28(13-27-29)10-8-16-3-1-2-9-26-16/h1-4,6,9,11-12,27,32H,5,7-8,10,13H2. The highest BCUT2D eigenvalue weighted by atomic mass is 19.1. The number of hydrogen-bond donors (Lipinski definition) is 2. The van der Waals surface area contributed by atoms with E-state index in [4.69, 9.17) is 0 Å². The van der Waals surface area contributed by atoms with E-state index >= 15 is 0 Å². The van der Waals surface area contributed by atoms with Crippen molar-refractivity contribution in [2.24, 2.45) is 0 Å². The van der Waals surface area contributed by atoms with Gasteiger partial charge in [0.05, 0.1) is 5.56 Å². The van der Waals surface area contributed by atoms with Crippen molar-refractivity contribution in [3.8, 4) is 5.75 Å². The normalized spacial score (nSPS) is 12.9. The van der Waals surface area contributed by atoms with Crippen LogP contribution in [-0.4, -0.2) is 44.6 Å². The topological polar surface area (TPSA) is 105 Å². The first kappa shape index (κ1) is 22.1. The van der Waals surface area contributed by atoms with Crippen LogP contribution in [0.2, 0.25) is 0 Å². The molecule has 0 radical (unpaired) electrons. The fourth-order valence-electron chi connectivity index (χ4n) is 3.60. The Morgan fingerprint density at radius 3 is 2.70 bits per heavy atom. The molecule has 0 saturated heterocycles. The molecule has 1 aliphatic heterocycles. The molecule has 2 aromatic heterocycles. The van der Waals surface area contributed by atoms with Gasteiger partial charge < -0.3 is 15.4 Å². The number of nitrogens with one attached hydrogen (secondary N) is 1. The monoisotopic (exact) mass is 454 g/mol. The number of ketones is 1. The van der Waals surface area contributed by atoms with E-state index in [0.717, 1.165) is 22.6 Å². The lowest BCUT2D eigenvalue weighted by Gasteiger charge is -2.31. The van der Waals surface area contributed by atoms with Crippen molar-refractivity contribution in [2.75, 3.05) is 18.6 Å². The summed E-state index contributed by atoms with van der Waals surface area (Å²) in [6, 6.07) is 8.48. The number of nitrogens with zero attached hydrogens (tertiary/aromatic N) is 3. The molecule has 170 valence electrons. The van der Waals surface area contributed by atoms with Gasteiger partial charge in [-0.25, -0.2) is 8.78 Å². The van der Waals surface area contributed by atoms with Crippen LogP contribution in [0.3, 0.4) is 0 Å². The van der Waals surface area contributed by atoms with Gasteiger partial charge in [-0.3, -0.25) is 24.0 Å². The van der Waals surface area contributed by atoms with E-state index < -0.39 is 34.5 Å². The summed E-state index contributed by atoms with van der Waals surface area (Å²) >= 11 is 0. The summed E-state index contributed by atoms with van der Waals surface area (Å²) in [5.74, 6) is -3.56. The molecule has 1 amide bonds. The number of carbonyl (C=O) groups is 2. The van der Waals surface area contributed by atoms with E-state index in [2.05, 4.69) is 10.4 Å². The molecular weight excluding hydrogens is 434 g/mol. The molecule has 1 aliphatic rings. The van der Waals surface area contributed by atoms with Gasteiger partial charge in [-0.05, 0) is 30.2 Å². The summed E-state index contributed by atoms with van der Waals surface area (Å²) in [5.41, 5.74) is 2.22. The lowest BCUT2D eigenvalue weighted by atomic mass is 10.0. The Morgan fingerprint density at radius 1 is 1.15 bits per heavy atom. The molecule has 0 spiro atoms. The van der Waals surface area contributed by atoms with Gasteiger partial charge in [0.25, 0.3) is 5.91 Å². The van der Waals surface area contributed by atoms with Crippen LogP contribution in [0.15, 0.2) is 53.6 Å². The van der Waals surface area contributed by atoms with Gasteiger partial charge in [-0.15, -0.1) is 0 Å². The van der Waals surface area contributed by atoms with Crippen molar-refractivity contribution in [1.29, 1.82) is 0 Å². The summed E-state index contributed by atoms with van der Waals surface area (Å²) < 4.78 is 28.0. The Labute approximate surface area is 187 Å². The number of rotatable bonds is 7. The maximum absolute atomic E-state index is 13.8. The lowest BCUT2D eigenvalue weighted by Crippen LogP contribution is -2.47. The van der Waals surface area contributed by atoms with Crippen molar-refractivity contribution in [1.82, 2.24) is 14.6 Å². The maximum Gasteiger partial charge on any atom is 0.277 e. The van der Waals surface area contributed by atoms with Crippen LogP contribution < -0.4 is 10.9 Å². The molecular formula is C23H20F2N4O4. The predicted molar refractivity (Wildman–Crippen MR) is 115 cm³/mol. The van der Waals surface area contributed by atoms with Gasteiger partial charge in [0, 0.05) is 43.5 Å². The Morgan fingerprint density at radius 2 is 1.97 bits per heavy atom. The van der Waals surface area contributed by atoms with Crippen molar-refractivity contribution in [3.63, 3.8) is 0 Å². The van der Waals surface area contributed by atoms with Crippen molar-refractivity contribution in [3.05, 3.63) is 93.2 Å². The summed E-state index contributed by atoms with van der Waals surface area (Å²) in [7, 11) is 0. The Bertz CT molecular complexity index is 1280.